The highest BCUT2D eigenvalue weighted by molar-refractivity contribution is 5.82. The Hall–Kier alpha value is -4.10. The van der Waals surface area contributed by atoms with E-state index in [1.54, 1.807) is 30.7 Å². The van der Waals surface area contributed by atoms with Crippen LogP contribution in [-0.2, 0) is 20.1 Å². The van der Waals surface area contributed by atoms with Gasteiger partial charge in [0.2, 0.25) is 5.95 Å². The third-order valence-corrected chi connectivity index (χ3v) is 6.46. The molecule has 4 N–H and O–H groups in total. The number of fused-ring (bicyclic) bond motifs is 2. The van der Waals surface area contributed by atoms with Gasteiger partial charge in [-0.2, -0.15) is 4.98 Å². The van der Waals surface area contributed by atoms with Crippen molar-refractivity contribution in [2.75, 3.05) is 23.7 Å². The van der Waals surface area contributed by atoms with Crippen LogP contribution >= 0.6 is 0 Å². The molecule has 1 fully saturated rings. The van der Waals surface area contributed by atoms with Crippen molar-refractivity contribution in [1.29, 1.82) is 0 Å². The molecule has 10 heteroatoms. The molecule has 5 rings (SSSR count). The van der Waals surface area contributed by atoms with Gasteiger partial charge in [0, 0.05) is 37.3 Å². The molecular formula is C25H28N8O2. The molecular weight excluding hydrogens is 444 g/mol. The highest BCUT2D eigenvalue weighted by Crippen LogP contribution is 2.23. The fourth-order valence-electron chi connectivity index (χ4n) is 4.68. The standard InChI is InChI=1S/C25H28N8O2/c1-3-4-12-32-21-22(29-24(32)31-11-5-6-18(27)14-31)30(2)25(35)33(23(21)34)15-19-9-7-16-13-17(26)8-10-20(16)28-19/h7-10,13,18H,5-6,11-12,14-15,26-27H2,1-2H3/t18-/m1/s1. The number of aryl methyl sites for hydroxylation is 1. The summed E-state index contributed by atoms with van der Waals surface area (Å²) >= 11 is 0. The van der Waals surface area contributed by atoms with Crippen LogP contribution in [-0.4, -0.2) is 42.8 Å². The number of imidazole rings is 1. The van der Waals surface area contributed by atoms with Gasteiger partial charge < -0.3 is 16.4 Å². The van der Waals surface area contributed by atoms with Gasteiger partial charge in [-0.15, -0.1) is 5.92 Å². The summed E-state index contributed by atoms with van der Waals surface area (Å²) in [5, 5.41) is 0.894. The average molecular weight is 473 g/mol. The Balaban J connectivity index is 1.66. The number of rotatable bonds is 4. The van der Waals surface area contributed by atoms with Gasteiger partial charge in [-0.05, 0) is 44.0 Å². The smallest absolute Gasteiger partial charge is 0.332 e. The van der Waals surface area contributed by atoms with Crippen molar-refractivity contribution in [2.24, 2.45) is 12.8 Å². The average Bonchev–Trinajstić information content (AvgIpc) is 3.24. The first kappa shape index (κ1) is 22.7. The van der Waals surface area contributed by atoms with E-state index in [2.05, 4.69) is 21.7 Å². The van der Waals surface area contributed by atoms with Gasteiger partial charge in [-0.25, -0.2) is 4.79 Å². The monoisotopic (exact) mass is 472 g/mol. The van der Waals surface area contributed by atoms with Gasteiger partial charge in [0.25, 0.3) is 5.56 Å². The summed E-state index contributed by atoms with van der Waals surface area (Å²) in [4.78, 5) is 38.4. The van der Waals surface area contributed by atoms with E-state index in [1.165, 1.54) is 9.13 Å². The van der Waals surface area contributed by atoms with Gasteiger partial charge in [0.05, 0.1) is 24.3 Å². The second-order valence-electron chi connectivity index (χ2n) is 8.93. The molecule has 4 heterocycles. The van der Waals surface area contributed by atoms with Gasteiger partial charge in [0.15, 0.2) is 11.2 Å². The zero-order chi connectivity index (χ0) is 24.7. The van der Waals surface area contributed by atoms with Crippen molar-refractivity contribution in [2.45, 2.75) is 38.9 Å². The fraction of sp³-hybridized carbons (Fsp3) is 0.360. The highest BCUT2D eigenvalue weighted by Gasteiger charge is 2.26. The second kappa shape index (κ2) is 8.92. The van der Waals surface area contributed by atoms with Crippen LogP contribution < -0.4 is 27.6 Å². The number of nitrogen functional groups attached to an aromatic ring is 1. The van der Waals surface area contributed by atoms with Crippen LogP contribution in [0.5, 0.6) is 0 Å². The largest absolute Gasteiger partial charge is 0.399 e. The Kier molecular flexibility index (Phi) is 5.78. The maximum Gasteiger partial charge on any atom is 0.332 e. The van der Waals surface area contributed by atoms with Crippen LogP contribution in [0.2, 0.25) is 0 Å². The zero-order valence-electron chi connectivity index (χ0n) is 19.9. The first-order valence-corrected chi connectivity index (χ1v) is 11.6. The van der Waals surface area contributed by atoms with Gasteiger partial charge >= 0.3 is 5.69 Å². The second-order valence-corrected chi connectivity index (χ2v) is 8.93. The van der Waals surface area contributed by atoms with Gasteiger partial charge in [-0.1, -0.05) is 12.0 Å². The van der Waals surface area contributed by atoms with E-state index in [9.17, 15) is 9.59 Å². The van der Waals surface area contributed by atoms with Gasteiger partial charge in [-0.3, -0.25) is 23.5 Å². The van der Waals surface area contributed by atoms with Gasteiger partial charge in [0.1, 0.15) is 0 Å². The summed E-state index contributed by atoms with van der Waals surface area (Å²) in [7, 11) is 1.63. The molecule has 10 nitrogen and oxygen atoms in total. The van der Waals surface area contributed by atoms with E-state index in [1.807, 2.05) is 18.2 Å². The van der Waals surface area contributed by atoms with Crippen LogP contribution in [0.3, 0.4) is 0 Å². The molecule has 0 amide bonds. The van der Waals surface area contributed by atoms with Crippen LogP contribution in [0.4, 0.5) is 11.6 Å². The number of aromatic nitrogens is 5. The molecule has 0 aliphatic carbocycles. The lowest BCUT2D eigenvalue weighted by Gasteiger charge is -2.31. The van der Waals surface area contributed by atoms with Crippen LogP contribution in [0.25, 0.3) is 22.1 Å². The number of hydrogen-bond acceptors (Lipinski definition) is 7. The van der Waals surface area contributed by atoms with Crippen molar-refractivity contribution in [3.63, 3.8) is 0 Å². The van der Waals surface area contributed by atoms with Crippen LogP contribution in [0, 0.1) is 11.8 Å². The molecule has 1 aromatic carbocycles. The van der Waals surface area contributed by atoms with Crippen molar-refractivity contribution >= 4 is 33.7 Å². The fourth-order valence-corrected chi connectivity index (χ4v) is 4.68. The van der Waals surface area contributed by atoms with Crippen molar-refractivity contribution in [3.05, 3.63) is 56.9 Å². The molecule has 1 atom stereocenters. The topological polar surface area (TPSA) is 130 Å². The molecule has 1 saturated heterocycles. The highest BCUT2D eigenvalue weighted by atomic mass is 16.2. The van der Waals surface area contributed by atoms with E-state index >= 15 is 0 Å². The SMILES string of the molecule is CC#CCn1c(N2CCC[C@@H](N)C2)nc2c1c(=O)n(Cc1ccc3cc(N)ccc3n1)c(=O)n2C. The molecule has 180 valence electrons. The third-order valence-electron chi connectivity index (χ3n) is 6.46. The Morgan fingerprint density at radius 2 is 1.97 bits per heavy atom. The molecule has 3 aromatic heterocycles. The summed E-state index contributed by atoms with van der Waals surface area (Å²) in [6.07, 6.45) is 1.88. The summed E-state index contributed by atoms with van der Waals surface area (Å²) in [5.74, 6) is 6.55. The van der Waals surface area contributed by atoms with E-state index in [-0.39, 0.29) is 19.1 Å². The molecule has 1 aliphatic rings. The van der Waals surface area contributed by atoms with E-state index < -0.39 is 11.2 Å². The van der Waals surface area contributed by atoms with Crippen LogP contribution in [0.15, 0.2) is 39.9 Å². The Bertz CT molecular complexity index is 1620. The normalized spacial score (nSPS) is 16.0. The minimum Gasteiger partial charge on any atom is -0.399 e. The van der Waals surface area contributed by atoms with E-state index in [0.717, 1.165) is 30.3 Å². The number of anilines is 2. The summed E-state index contributed by atoms with van der Waals surface area (Å²) in [6.45, 7) is 3.50. The van der Waals surface area contributed by atoms with E-state index in [0.29, 0.717) is 35.0 Å². The number of hydrogen-bond donors (Lipinski definition) is 2. The quantitative estimate of drug-likeness (QED) is 0.335. The molecule has 4 aromatic rings. The van der Waals surface area contributed by atoms with Crippen molar-refractivity contribution < 1.29 is 0 Å². The minimum absolute atomic E-state index is 0.0316. The van der Waals surface area contributed by atoms with E-state index in [4.69, 9.17) is 16.5 Å². The molecule has 0 saturated carbocycles. The number of pyridine rings is 1. The number of nitrogens with two attached hydrogens (primary N) is 2. The van der Waals surface area contributed by atoms with Crippen molar-refractivity contribution in [3.8, 4) is 11.8 Å². The lowest BCUT2D eigenvalue weighted by Crippen LogP contribution is -2.44. The summed E-state index contributed by atoms with van der Waals surface area (Å²) in [6, 6.07) is 9.16. The maximum atomic E-state index is 13.7. The van der Waals surface area contributed by atoms with Crippen LogP contribution in [0.1, 0.15) is 25.5 Å². The number of benzene rings is 1. The predicted octanol–water partition coefficient (Wildman–Crippen LogP) is 1.03. The Labute approximate surface area is 201 Å². The molecule has 0 radical (unpaired) electrons. The summed E-state index contributed by atoms with van der Waals surface area (Å²) < 4.78 is 4.43. The number of nitrogens with zero attached hydrogens (tertiary/aromatic N) is 6. The maximum absolute atomic E-state index is 13.7. The molecule has 0 bridgehead atoms. The molecule has 0 unspecified atom stereocenters. The number of piperidine rings is 1. The minimum atomic E-state index is -0.449. The van der Waals surface area contributed by atoms with Crippen molar-refractivity contribution in [1.82, 2.24) is 23.7 Å². The Morgan fingerprint density at radius 3 is 2.74 bits per heavy atom. The molecule has 35 heavy (non-hydrogen) atoms. The first-order valence-electron chi connectivity index (χ1n) is 11.6. The zero-order valence-corrected chi connectivity index (χ0v) is 19.9. The molecule has 0 spiro atoms. The molecule has 1 aliphatic heterocycles. The lowest BCUT2D eigenvalue weighted by atomic mass is 10.1. The lowest BCUT2D eigenvalue weighted by molar-refractivity contribution is 0.496. The summed E-state index contributed by atoms with van der Waals surface area (Å²) in [5.41, 5.74) is 13.9. The first-order chi connectivity index (χ1) is 16.9. The third kappa shape index (κ3) is 4.04. The Morgan fingerprint density at radius 1 is 1.14 bits per heavy atom. The predicted molar refractivity (Wildman–Crippen MR) is 137 cm³/mol.